The number of hydrogen-bond donors (Lipinski definition) is 3. The molecule has 192 valence electrons. The van der Waals surface area contributed by atoms with Crippen molar-refractivity contribution in [3.63, 3.8) is 0 Å². The van der Waals surface area contributed by atoms with Crippen LogP contribution in [0.1, 0.15) is 69.8 Å². The fourth-order valence-corrected chi connectivity index (χ4v) is 6.29. The molecule has 3 rings (SSSR count). The number of nitrogens with zero attached hydrogens (tertiary/aromatic N) is 1. The number of piperidine rings is 1. The highest BCUT2D eigenvalue weighted by atomic mass is 35.5. The molecule has 3 N–H and O–H groups in total. The van der Waals surface area contributed by atoms with E-state index in [4.69, 9.17) is 11.6 Å². The molecule has 34 heavy (non-hydrogen) atoms. The third kappa shape index (κ3) is 7.58. The molecular weight excluding hydrogens is 450 g/mol. The number of carbonyl (C=O) groups excluding carboxylic acids is 1. The number of rotatable bonds is 11. The Kier molecular flexibility index (Phi) is 11.0. The SMILES string of the molecule is CNC[C@@H](CC1CCCCC1)N1CCC[C@@H]([C@@](O)(CCCNC(=O)OC)c2cccc(Cl)c2)C1. The van der Waals surface area contributed by atoms with Crippen molar-refractivity contribution in [1.29, 1.82) is 0 Å². The third-order valence-electron chi connectivity index (χ3n) is 7.93. The van der Waals surface area contributed by atoms with Crippen molar-refractivity contribution in [1.82, 2.24) is 15.5 Å². The number of likely N-dealkylation sites (tertiary alicyclic amines) is 1. The van der Waals surface area contributed by atoms with Gasteiger partial charge in [0, 0.05) is 36.6 Å². The second-order valence-electron chi connectivity index (χ2n) is 10.2. The van der Waals surface area contributed by atoms with Crippen LogP contribution in [0.5, 0.6) is 0 Å². The predicted molar refractivity (Wildman–Crippen MR) is 138 cm³/mol. The number of benzene rings is 1. The van der Waals surface area contributed by atoms with Gasteiger partial charge in [-0.2, -0.15) is 0 Å². The molecule has 1 saturated carbocycles. The van der Waals surface area contributed by atoms with Gasteiger partial charge in [-0.05, 0) is 69.3 Å². The van der Waals surface area contributed by atoms with Crippen LogP contribution >= 0.6 is 11.6 Å². The standard InChI is InChI=1S/C27H44ClN3O3/c1-29-19-25(17-21-9-4-3-5-10-21)31-16-7-12-23(20-31)27(33,14-8-15-30-26(32)34-2)22-11-6-13-24(28)18-22/h6,11,13,18,21,23,25,29,33H,3-5,7-10,12,14-17,19-20H2,1-2H3,(H,30,32)/t23-,25-,27-/m1/s1. The van der Waals surface area contributed by atoms with Gasteiger partial charge in [-0.25, -0.2) is 4.79 Å². The fourth-order valence-electron chi connectivity index (χ4n) is 6.10. The van der Waals surface area contributed by atoms with Gasteiger partial charge in [-0.3, -0.25) is 4.90 Å². The lowest BCUT2D eigenvalue weighted by Crippen LogP contribution is -2.52. The van der Waals surface area contributed by atoms with Crippen LogP contribution in [0.25, 0.3) is 0 Å². The Labute approximate surface area is 210 Å². The highest BCUT2D eigenvalue weighted by Crippen LogP contribution is 2.41. The van der Waals surface area contributed by atoms with Crippen LogP contribution in [-0.4, -0.2) is 62.5 Å². The first-order chi connectivity index (χ1) is 16.5. The zero-order valence-corrected chi connectivity index (χ0v) is 21.8. The zero-order chi connectivity index (χ0) is 24.4. The lowest BCUT2D eigenvalue weighted by molar-refractivity contribution is -0.0680. The number of alkyl carbamates (subject to hydrolysis) is 1. The van der Waals surface area contributed by atoms with E-state index >= 15 is 0 Å². The van der Waals surface area contributed by atoms with Gasteiger partial charge in [0.15, 0.2) is 0 Å². The summed E-state index contributed by atoms with van der Waals surface area (Å²) in [5.41, 5.74) is -0.112. The molecule has 0 bridgehead atoms. The van der Waals surface area contributed by atoms with Gasteiger partial charge in [0.25, 0.3) is 0 Å². The number of aliphatic hydroxyl groups is 1. The van der Waals surface area contributed by atoms with E-state index < -0.39 is 11.7 Å². The lowest BCUT2D eigenvalue weighted by atomic mass is 9.73. The van der Waals surface area contributed by atoms with Crippen LogP contribution in [0.2, 0.25) is 5.02 Å². The summed E-state index contributed by atoms with van der Waals surface area (Å²) in [5, 5.41) is 19.0. The Morgan fingerprint density at radius 1 is 1.26 bits per heavy atom. The Hall–Kier alpha value is -1.34. The minimum Gasteiger partial charge on any atom is -0.453 e. The maximum atomic E-state index is 12.2. The van der Waals surface area contributed by atoms with Gasteiger partial charge < -0.3 is 20.5 Å². The molecule has 0 radical (unpaired) electrons. The molecule has 2 fully saturated rings. The number of halogens is 1. The monoisotopic (exact) mass is 493 g/mol. The summed E-state index contributed by atoms with van der Waals surface area (Å²) in [5.74, 6) is 0.937. The van der Waals surface area contributed by atoms with Crippen LogP contribution < -0.4 is 10.6 Å². The Bertz CT molecular complexity index is 758. The normalized spacial score (nSPS) is 22.6. The quantitative estimate of drug-likeness (QED) is 0.381. The van der Waals surface area contributed by atoms with Crippen LogP contribution in [0.3, 0.4) is 0 Å². The largest absolute Gasteiger partial charge is 0.453 e. The molecule has 1 aromatic rings. The van der Waals surface area contributed by atoms with Crippen LogP contribution in [0.4, 0.5) is 4.79 Å². The van der Waals surface area contributed by atoms with Crippen molar-refractivity contribution in [2.45, 2.75) is 75.9 Å². The van der Waals surface area contributed by atoms with E-state index in [1.165, 1.54) is 45.6 Å². The van der Waals surface area contributed by atoms with Crippen LogP contribution in [0.15, 0.2) is 24.3 Å². The summed E-state index contributed by atoms with van der Waals surface area (Å²) in [6.07, 6.45) is 10.9. The molecule has 1 heterocycles. The van der Waals surface area contributed by atoms with E-state index in [0.29, 0.717) is 30.5 Å². The molecule has 7 heteroatoms. The molecule has 0 spiro atoms. The summed E-state index contributed by atoms with van der Waals surface area (Å²) in [4.78, 5) is 14.1. The highest BCUT2D eigenvalue weighted by molar-refractivity contribution is 6.30. The minimum absolute atomic E-state index is 0.114. The Balaban J connectivity index is 1.74. The molecule has 0 aromatic heterocycles. The van der Waals surface area contributed by atoms with Crippen molar-refractivity contribution in [3.05, 3.63) is 34.9 Å². The van der Waals surface area contributed by atoms with E-state index in [0.717, 1.165) is 44.0 Å². The van der Waals surface area contributed by atoms with Crippen molar-refractivity contribution < 1.29 is 14.6 Å². The fraction of sp³-hybridized carbons (Fsp3) is 0.741. The molecule has 3 atom stereocenters. The number of likely N-dealkylation sites (N-methyl/N-ethyl adjacent to an activating group) is 1. The molecule has 0 unspecified atom stereocenters. The lowest BCUT2D eigenvalue weighted by Gasteiger charge is -2.46. The number of methoxy groups -OCH3 is 1. The summed E-state index contributed by atoms with van der Waals surface area (Å²) in [6.45, 7) is 3.43. The van der Waals surface area contributed by atoms with Gasteiger partial charge in [0.2, 0.25) is 0 Å². The molecule has 6 nitrogen and oxygen atoms in total. The van der Waals surface area contributed by atoms with Crippen molar-refractivity contribution >= 4 is 17.7 Å². The van der Waals surface area contributed by atoms with Gasteiger partial charge in [-0.1, -0.05) is 55.8 Å². The summed E-state index contributed by atoms with van der Waals surface area (Å²) in [6, 6.07) is 8.17. The van der Waals surface area contributed by atoms with E-state index in [1.54, 1.807) is 0 Å². The minimum atomic E-state index is -0.990. The molecule has 2 aliphatic rings. The van der Waals surface area contributed by atoms with Crippen molar-refractivity contribution in [3.8, 4) is 0 Å². The number of amides is 1. The van der Waals surface area contributed by atoms with Crippen LogP contribution in [-0.2, 0) is 10.3 Å². The molecule has 1 saturated heterocycles. The number of ether oxygens (including phenoxy) is 1. The van der Waals surface area contributed by atoms with E-state index in [2.05, 4.69) is 20.3 Å². The van der Waals surface area contributed by atoms with Crippen LogP contribution in [0, 0.1) is 11.8 Å². The average Bonchev–Trinajstić information content (AvgIpc) is 2.86. The molecule has 1 aliphatic heterocycles. The van der Waals surface area contributed by atoms with Crippen molar-refractivity contribution in [2.75, 3.05) is 40.3 Å². The summed E-state index contributed by atoms with van der Waals surface area (Å²) < 4.78 is 4.68. The maximum Gasteiger partial charge on any atom is 0.406 e. The number of hydrogen-bond acceptors (Lipinski definition) is 5. The molecule has 1 aliphatic carbocycles. The molecule has 1 aromatic carbocycles. The Morgan fingerprint density at radius 3 is 2.76 bits per heavy atom. The van der Waals surface area contributed by atoms with Gasteiger partial charge >= 0.3 is 6.09 Å². The van der Waals surface area contributed by atoms with Gasteiger partial charge in [-0.15, -0.1) is 0 Å². The summed E-state index contributed by atoms with van der Waals surface area (Å²) in [7, 11) is 3.41. The Morgan fingerprint density at radius 2 is 2.06 bits per heavy atom. The predicted octanol–water partition coefficient (Wildman–Crippen LogP) is 4.93. The molecular formula is C27H44ClN3O3. The smallest absolute Gasteiger partial charge is 0.406 e. The van der Waals surface area contributed by atoms with Crippen molar-refractivity contribution in [2.24, 2.45) is 11.8 Å². The second-order valence-corrected chi connectivity index (χ2v) is 10.7. The average molecular weight is 494 g/mol. The zero-order valence-electron chi connectivity index (χ0n) is 21.0. The van der Waals surface area contributed by atoms with E-state index in [1.807, 2.05) is 31.3 Å². The van der Waals surface area contributed by atoms with Gasteiger partial charge in [0.05, 0.1) is 12.7 Å². The highest BCUT2D eigenvalue weighted by Gasteiger charge is 2.41. The first-order valence-corrected chi connectivity index (χ1v) is 13.5. The van der Waals surface area contributed by atoms with Gasteiger partial charge in [0.1, 0.15) is 0 Å². The third-order valence-corrected chi connectivity index (χ3v) is 8.16. The first-order valence-electron chi connectivity index (χ1n) is 13.1. The van der Waals surface area contributed by atoms with E-state index in [9.17, 15) is 9.90 Å². The van der Waals surface area contributed by atoms with E-state index in [-0.39, 0.29) is 5.92 Å². The topological polar surface area (TPSA) is 73.8 Å². The maximum absolute atomic E-state index is 12.2. The molecule has 1 amide bonds. The second kappa shape index (κ2) is 13.7. The number of carbonyl (C=O) groups is 1. The summed E-state index contributed by atoms with van der Waals surface area (Å²) >= 11 is 6.34. The number of nitrogens with one attached hydrogen (secondary N) is 2. The first kappa shape index (κ1) is 27.3.